The van der Waals surface area contributed by atoms with Crippen LogP contribution in [0.2, 0.25) is 0 Å². The fourth-order valence-corrected chi connectivity index (χ4v) is 3.07. The predicted octanol–water partition coefficient (Wildman–Crippen LogP) is 5.58. The van der Waals surface area contributed by atoms with Gasteiger partial charge in [-0.25, -0.2) is 0 Å². The van der Waals surface area contributed by atoms with Crippen molar-refractivity contribution in [2.24, 2.45) is 0 Å². The summed E-state index contributed by atoms with van der Waals surface area (Å²) in [6.45, 7) is 2.22. The fraction of sp³-hybridized carbons (Fsp3) is 1.00. The lowest BCUT2D eigenvalue weighted by molar-refractivity contribution is 0.00712. The third-order valence-corrected chi connectivity index (χ3v) is 4.74. The predicted molar refractivity (Wildman–Crippen MR) is 96.1 cm³/mol. The van der Waals surface area contributed by atoms with Crippen molar-refractivity contribution in [3.63, 3.8) is 0 Å². The molecule has 0 bridgehead atoms. The van der Waals surface area contributed by atoms with Gasteiger partial charge in [-0.1, -0.05) is 93.5 Å². The molecule has 0 aliphatic heterocycles. The Hall–Kier alpha value is 0.400. The number of hydrogen-bond donors (Lipinski definition) is 2. The van der Waals surface area contributed by atoms with Gasteiger partial charge in [-0.05, 0) is 19.3 Å². The maximum atomic E-state index is 9.94. The molecule has 0 fully saturated rings. The summed E-state index contributed by atoms with van der Waals surface area (Å²) in [5.74, 6) is 0. The van der Waals surface area contributed by atoms with Crippen molar-refractivity contribution in [2.45, 2.75) is 109 Å². The van der Waals surface area contributed by atoms with Gasteiger partial charge in [0.2, 0.25) is 0 Å². The van der Waals surface area contributed by atoms with E-state index in [4.69, 9.17) is 0 Å². The fourth-order valence-electron chi connectivity index (χ4n) is 2.67. The van der Waals surface area contributed by atoms with Crippen LogP contribution in [0.1, 0.15) is 96.8 Å². The van der Waals surface area contributed by atoms with E-state index in [0.29, 0.717) is 0 Å². The first-order chi connectivity index (χ1) is 10.2. The molecule has 21 heavy (non-hydrogen) atoms. The van der Waals surface area contributed by atoms with Crippen molar-refractivity contribution in [1.29, 1.82) is 0 Å². The Labute approximate surface area is 140 Å². The largest absolute Gasteiger partial charge is 0.390 e. The smallest absolute Gasteiger partial charge is 0.0799 e. The molecule has 0 aliphatic carbocycles. The minimum atomic E-state index is -0.511. The summed E-state index contributed by atoms with van der Waals surface area (Å²) in [6, 6.07) is 0. The normalized spacial score (nSPS) is 14.3. The van der Waals surface area contributed by atoms with Crippen molar-refractivity contribution < 1.29 is 10.2 Å². The lowest BCUT2D eigenvalue weighted by Crippen LogP contribution is -2.25. The standard InChI is InChI=1S/C18H37BrO2/c1-2-3-4-5-8-11-14-17(20)18(21)15-12-9-6-7-10-13-16-19/h17-18,20-21H,2-16H2,1H3/t17-,18-/m0/s1. The van der Waals surface area contributed by atoms with Crippen LogP contribution in [0.4, 0.5) is 0 Å². The van der Waals surface area contributed by atoms with E-state index in [1.165, 1.54) is 64.2 Å². The average Bonchev–Trinajstić information content (AvgIpc) is 2.49. The third-order valence-electron chi connectivity index (χ3n) is 4.18. The molecule has 0 heterocycles. The molecule has 2 nitrogen and oxygen atoms in total. The third kappa shape index (κ3) is 15.1. The molecule has 3 heteroatoms. The molecule has 0 spiro atoms. The molecular weight excluding hydrogens is 328 g/mol. The summed E-state index contributed by atoms with van der Waals surface area (Å²) in [5.41, 5.74) is 0. The number of hydrogen-bond acceptors (Lipinski definition) is 2. The first-order valence-corrected chi connectivity index (χ1v) is 10.3. The van der Waals surface area contributed by atoms with Crippen LogP contribution in [0.5, 0.6) is 0 Å². The highest BCUT2D eigenvalue weighted by Crippen LogP contribution is 2.15. The number of unbranched alkanes of at least 4 members (excludes halogenated alkanes) is 10. The lowest BCUT2D eigenvalue weighted by atomic mass is 10.00. The second-order valence-electron chi connectivity index (χ2n) is 6.29. The zero-order valence-corrected chi connectivity index (χ0v) is 15.6. The van der Waals surface area contributed by atoms with E-state index in [1.807, 2.05) is 0 Å². The average molecular weight is 365 g/mol. The minimum absolute atomic E-state index is 0.510. The summed E-state index contributed by atoms with van der Waals surface area (Å²) in [7, 11) is 0. The highest BCUT2D eigenvalue weighted by atomic mass is 79.9. The van der Waals surface area contributed by atoms with Crippen LogP contribution in [0.3, 0.4) is 0 Å². The highest BCUT2D eigenvalue weighted by molar-refractivity contribution is 9.09. The molecule has 0 unspecified atom stereocenters. The van der Waals surface area contributed by atoms with Gasteiger partial charge in [-0.2, -0.15) is 0 Å². The van der Waals surface area contributed by atoms with Crippen LogP contribution in [-0.2, 0) is 0 Å². The van der Waals surface area contributed by atoms with Gasteiger partial charge < -0.3 is 10.2 Å². The van der Waals surface area contributed by atoms with Crippen LogP contribution < -0.4 is 0 Å². The molecule has 0 amide bonds. The van der Waals surface area contributed by atoms with Crippen LogP contribution in [0.25, 0.3) is 0 Å². The number of alkyl halides is 1. The Morgan fingerprint density at radius 3 is 1.43 bits per heavy atom. The number of aliphatic hydroxyl groups excluding tert-OH is 2. The molecule has 0 aromatic carbocycles. The van der Waals surface area contributed by atoms with E-state index in [-0.39, 0.29) is 0 Å². The molecule has 0 aromatic heterocycles. The molecule has 128 valence electrons. The van der Waals surface area contributed by atoms with E-state index in [9.17, 15) is 10.2 Å². The second-order valence-corrected chi connectivity index (χ2v) is 7.08. The molecule has 0 aliphatic rings. The zero-order valence-electron chi connectivity index (χ0n) is 14.0. The molecule has 0 rings (SSSR count). The molecule has 0 saturated carbocycles. The van der Waals surface area contributed by atoms with E-state index in [2.05, 4.69) is 22.9 Å². The van der Waals surface area contributed by atoms with E-state index in [1.54, 1.807) is 0 Å². The summed E-state index contributed by atoms with van der Waals surface area (Å²) in [4.78, 5) is 0. The van der Waals surface area contributed by atoms with E-state index in [0.717, 1.165) is 31.0 Å². The number of halogens is 1. The summed E-state index contributed by atoms with van der Waals surface area (Å²) in [5, 5.41) is 21.0. The Morgan fingerprint density at radius 2 is 1.00 bits per heavy atom. The quantitative estimate of drug-likeness (QED) is 0.277. The second kappa shape index (κ2) is 16.8. The molecule has 0 aromatic rings. The van der Waals surface area contributed by atoms with E-state index < -0.39 is 12.2 Å². The Morgan fingerprint density at radius 1 is 0.619 bits per heavy atom. The zero-order chi connectivity index (χ0) is 15.8. The molecule has 0 radical (unpaired) electrons. The van der Waals surface area contributed by atoms with Gasteiger partial charge in [0.05, 0.1) is 12.2 Å². The molecule has 2 N–H and O–H groups in total. The number of rotatable bonds is 16. The van der Waals surface area contributed by atoms with Crippen molar-refractivity contribution in [3.8, 4) is 0 Å². The summed E-state index contributed by atoms with van der Waals surface area (Å²) >= 11 is 3.44. The van der Waals surface area contributed by atoms with Gasteiger partial charge in [0.1, 0.15) is 0 Å². The van der Waals surface area contributed by atoms with Crippen molar-refractivity contribution in [1.82, 2.24) is 0 Å². The van der Waals surface area contributed by atoms with Gasteiger partial charge >= 0.3 is 0 Å². The van der Waals surface area contributed by atoms with Crippen LogP contribution in [0.15, 0.2) is 0 Å². The Bertz CT molecular complexity index is 200. The molecular formula is C18H37BrO2. The van der Waals surface area contributed by atoms with Gasteiger partial charge in [0.15, 0.2) is 0 Å². The summed E-state index contributed by atoms with van der Waals surface area (Å²) in [6.07, 6.45) is 15.3. The molecule has 0 saturated heterocycles. The van der Waals surface area contributed by atoms with Crippen LogP contribution in [0, 0.1) is 0 Å². The lowest BCUT2D eigenvalue weighted by Gasteiger charge is -2.17. The maximum Gasteiger partial charge on any atom is 0.0799 e. The van der Waals surface area contributed by atoms with Crippen LogP contribution in [-0.4, -0.2) is 27.8 Å². The van der Waals surface area contributed by atoms with Gasteiger partial charge in [0.25, 0.3) is 0 Å². The first-order valence-electron chi connectivity index (χ1n) is 9.14. The Kier molecular flexibility index (Phi) is 17.1. The molecule has 2 atom stereocenters. The minimum Gasteiger partial charge on any atom is -0.390 e. The van der Waals surface area contributed by atoms with Crippen LogP contribution >= 0.6 is 15.9 Å². The number of aliphatic hydroxyl groups is 2. The SMILES string of the molecule is CCCCCCCC[C@H](O)[C@@H](O)CCCCCCCCBr. The monoisotopic (exact) mass is 364 g/mol. The van der Waals surface area contributed by atoms with Crippen molar-refractivity contribution in [2.75, 3.05) is 5.33 Å². The van der Waals surface area contributed by atoms with Crippen molar-refractivity contribution >= 4 is 15.9 Å². The topological polar surface area (TPSA) is 40.5 Å². The highest BCUT2D eigenvalue weighted by Gasteiger charge is 2.14. The Balaban J connectivity index is 3.34. The van der Waals surface area contributed by atoms with Gasteiger partial charge in [-0.3, -0.25) is 0 Å². The summed E-state index contributed by atoms with van der Waals surface area (Å²) < 4.78 is 0. The van der Waals surface area contributed by atoms with Crippen molar-refractivity contribution in [3.05, 3.63) is 0 Å². The maximum absolute atomic E-state index is 9.94. The van der Waals surface area contributed by atoms with Gasteiger partial charge in [0, 0.05) is 5.33 Å². The van der Waals surface area contributed by atoms with E-state index >= 15 is 0 Å². The first kappa shape index (κ1) is 21.4. The van der Waals surface area contributed by atoms with Gasteiger partial charge in [-0.15, -0.1) is 0 Å².